The normalized spacial score (nSPS) is 27.8. The molecule has 4 nitrogen and oxygen atoms in total. The number of rotatable bonds is 4. The van der Waals surface area contributed by atoms with Gasteiger partial charge in [0.15, 0.2) is 11.6 Å². The molecule has 6 heteroatoms. The van der Waals surface area contributed by atoms with E-state index in [1.807, 2.05) is 0 Å². The molecule has 0 aromatic heterocycles. The van der Waals surface area contributed by atoms with E-state index in [9.17, 15) is 13.6 Å². The Morgan fingerprint density at radius 3 is 2.71 bits per heavy atom. The summed E-state index contributed by atoms with van der Waals surface area (Å²) in [6.45, 7) is 6.03. The number of likely N-dealkylation sites (tertiary alicyclic amines) is 1. The molecule has 132 valence electrons. The van der Waals surface area contributed by atoms with E-state index >= 15 is 0 Å². The fraction of sp³-hybridized carbons (Fsp3) is 0.611. The minimum absolute atomic E-state index is 0.00399. The van der Waals surface area contributed by atoms with Gasteiger partial charge in [-0.15, -0.1) is 0 Å². The van der Waals surface area contributed by atoms with E-state index in [1.165, 1.54) is 6.07 Å². The monoisotopic (exact) mass is 338 g/mol. The second-order valence-electron chi connectivity index (χ2n) is 6.91. The molecule has 0 bridgehead atoms. The highest BCUT2D eigenvalue weighted by atomic mass is 19.2. The van der Waals surface area contributed by atoms with Gasteiger partial charge in [-0.3, -0.25) is 9.69 Å². The van der Waals surface area contributed by atoms with Crippen molar-refractivity contribution in [2.45, 2.75) is 44.8 Å². The molecule has 0 aliphatic carbocycles. The largest absolute Gasteiger partial charge is 0.381 e. The van der Waals surface area contributed by atoms with E-state index in [-0.39, 0.29) is 30.0 Å². The highest BCUT2D eigenvalue weighted by molar-refractivity contribution is 5.79. The Morgan fingerprint density at radius 2 is 2.08 bits per heavy atom. The summed E-state index contributed by atoms with van der Waals surface area (Å²) in [5.74, 6) is -1.81. The summed E-state index contributed by atoms with van der Waals surface area (Å²) in [5.41, 5.74) is 0.702. The van der Waals surface area contributed by atoms with Crippen LogP contribution in [0.4, 0.5) is 8.78 Å². The molecule has 0 radical (unpaired) electrons. The Kier molecular flexibility index (Phi) is 5.15. The van der Waals surface area contributed by atoms with Gasteiger partial charge in [-0.1, -0.05) is 6.07 Å². The molecule has 0 spiro atoms. The molecule has 2 fully saturated rings. The first-order valence-corrected chi connectivity index (χ1v) is 8.56. The molecular weight excluding hydrogens is 314 g/mol. The Hall–Kier alpha value is -1.53. The Balaban J connectivity index is 1.81. The van der Waals surface area contributed by atoms with Crippen LogP contribution in [0.1, 0.15) is 38.3 Å². The van der Waals surface area contributed by atoms with E-state index in [1.54, 1.807) is 6.07 Å². The maximum absolute atomic E-state index is 13.7. The smallest absolute Gasteiger partial charge is 0.225 e. The third-order valence-corrected chi connectivity index (χ3v) is 5.01. The van der Waals surface area contributed by atoms with Gasteiger partial charge in [-0.25, -0.2) is 8.78 Å². The molecule has 1 aromatic carbocycles. The number of benzene rings is 1. The van der Waals surface area contributed by atoms with E-state index < -0.39 is 11.6 Å². The predicted molar refractivity (Wildman–Crippen MR) is 86.4 cm³/mol. The standard InChI is InChI=1S/C18H24F2N2O2/c1-11(2)22-7-5-16(21-18(23)13-6-8-24-10-13)17(22)12-3-4-14(19)15(20)9-12/h3-4,9,11,13,16-17H,5-8,10H2,1-2H3,(H,21,23)/t13-,16-,17+/m0/s1. The minimum Gasteiger partial charge on any atom is -0.381 e. The summed E-state index contributed by atoms with van der Waals surface area (Å²) in [6, 6.07) is 4.02. The lowest BCUT2D eigenvalue weighted by Gasteiger charge is -2.32. The summed E-state index contributed by atoms with van der Waals surface area (Å²) >= 11 is 0. The molecule has 2 aliphatic rings. The lowest BCUT2D eigenvalue weighted by Crippen LogP contribution is -2.43. The van der Waals surface area contributed by atoms with Crippen LogP contribution in [-0.2, 0) is 9.53 Å². The molecule has 1 aromatic rings. The van der Waals surface area contributed by atoms with Crippen molar-refractivity contribution in [1.82, 2.24) is 10.2 Å². The summed E-state index contributed by atoms with van der Waals surface area (Å²) in [6.07, 6.45) is 1.53. The second kappa shape index (κ2) is 7.15. The molecule has 0 unspecified atom stereocenters. The van der Waals surface area contributed by atoms with Crippen LogP contribution in [0, 0.1) is 17.6 Å². The number of hydrogen-bond donors (Lipinski definition) is 1. The zero-order valence-electron chi connectivity index (χ0n) is 14.1. The van der Waals surface area contributed by atoms with Crippen molar-refractivity contribution in [3.63, 3.8) is 0 Å². The number of hydrogen-bond acceptors (Lipinski definition) is 3. The summed E-state index contributed by atoms with van der Waals surface area (Å²) < 4.78 is 32.3. The molecule has 2 saturated heterocycles. The first kappa shape index (κ1) is 17.3. The van der Waals surface area contributed by atoms with Gasteiger partial charge >= 0.3 is 0 Å². The van der Waals surface area contributed by atoms with Gasteiger partial charge in [-0.2, -0.15) is 0 Å². The summed E-state index contributed by atoms with van der Waals surface area (Å²) in [4.78, 5) is 14.7. The molecule has 0 saturated carbocycles. The van der Waals surface area contributed by atoms with E-state index in [0.717, 1.165) is 25.5 Å². The van der Waals surface area contributed by atoms with Gasteiger partial charge in [0.05, 0.1) is 18.6 Å². The number of carbonyl (C=O) groups excluding carboxylic acids is 1. The van der Waals surface area contributed by atoms with Crippen LogP contribution in [-0.4, -0.2) is 42.6 Å². The van der Waals surface area contributed by atoms with Crippen molar-refractivity contribution in [3.05, 3.63) is 35.4 Å². The Labute approximate surface area is 141 Å². The van der Waals surface area contributed by atoms with Gasteiger partial charge in [0.2, 0.25) is 5.91 Å². The van der Waals surface area contributed by atoms with Crippen LogP contribution in [0.15, 0.2) is 18.2 Å². The second-order valence-corrected chi connectivity index (χ2v) is 6.91. The van der Waals surface area contributed by atoms with Crippen molar-refractivity contribution in [2.75, 3.05) is 19.8 Å². The average molecular weight is 338 g/mol. The fourth-order valence-electron chi connectivity index (χ4n) is 3.71. The van der Waals surface area contributed by atoms with E-state index in [2.05, 4.69) is 24.1 Å². The average Bonchev–Trinajstić information content (AvgIpc) is 3.19. The van der Waals surface area contributed by atoms with Crippen LogP contribution in [0.25, 0.3) is 0 Å². The molecule has 2 aliphatic heterocycles. The van der Waals surface area contributed by atoms with Crippen molar-refractivity contribution >= 4 is 5.91 Å². The van der Waals surface area contributed by atoms with Crippen LogP contribution in [0.5, 0.6) is 0 Å². The Bertz CT molecular complexity index is 603. The van der Waals surface area contributed by atoms with Gasteiger partial charge < -0.3 is 10.1 Å². The van der Waals surface area contributed by atoms with Gasteiger partial charge in [0.25, 0.3) is 0 Å². The summed E-state index contributed by atoms with van der Waals surface area (Å²) in [5, 5.41) is 3.11. The number of carbonyl (C=O) groups is 1. The molecule has 2 heterocycles. The van der Waals surface area contributed by atoms with E-state index in [4.69, 9.17) is 4.74 Å². The maximum atomic E-state index is 13.7. The lowest BCUT2D eigenvalue weighted by atomic mass is 9.98. The molecular formula is C18H24F2N2O2. The van der Waals surface area contributed by atoms with Crippen molar-refractivity contribution in [1.29, 1.82) is 0 Å². The van der Waals surface area contributed by atoms with Crippen LogP contribution >= 0.6 is 0 Å². The molecule has 3 atom stereocenters. The first-order chi connectivity index (χ1) is 11.5. The molecule has 3 rings (SSSR count). The van der Waals surface area contributed by atoms with E-state index in [0.29, 0.717) is 18.8 Å². The highest BCUT2D eigenvalue weighted by Crippen LogP contribution is 2.35. The van der Waals surface area contributed by atoms with Crippen molar-refractivity contribution in [2.24, 2.45) is 5.92 Å². The first-order valence-electron chi connectivity index (χ1n) is 8.56. The predicted octanol–water partition coefficient (Wildman–Crippen LogP) is 2.64. The fourth-order valence-corrected chi connectivity index (χ4v) is 3.71. The third-order valence-electron chi connectivity index (χ3n) is 5.01. The number of amides is 1. The Morgan fingerprint density at radius 1 is 1.29 bits per heavy atom. The van der Waals surface area contributed by atoms with Gasteiger partial charge in [0.1, 0.15) is 0 Å². The van der Waals surface area contributed by atoms with Crippen molar-refractivity contribution < 1.29 is 18.3 Å². The van der Waals surface area contributed by atoms with Gasteiger partial charge in [0, 0.05) is 25.2 Å². The lowest BCUT2D eigenvalue weighted by molar-refractivity contribution is -0.125. The highest BCUT2D eigenvalue weighted by Gasteiger charge is 2.39. The number of ether oxygens (including phenoxy) is 1. The summed E-state index contributed by atoms with van der Waals surface area (Å²) in [7, 11) is 0. The van der Waals surface area contributed by atoms with Crippen LogP contribution in [0.2, 0.25) is 0 Å². The number of halogens is 2. The van der Waals surface area contributed by atoms with Gasteiger partial charge in [-0.05, 0) is 44.4 Å². The number of nitrogens with zero attached hydrogens (tertiary/aromatic N) is 1. The molecule has 24 heavy (non-hydrogen) atoms. The molecule has 1 amide bonds. The zero-order chi connectivity index (χ0) is 17.3. The van der Waals surface area contributed by atoms with Crippen LogP contribution in [0.3, 0.4) is 0 Å². The third kappa shape index (κ3) is 3.44. The quantitative estimate of drug-likeness (QED) is 0.918. The maximum Gasteiger partial charge on any atom is 0.225 e. The SMILES string of the molecule is CC(C)N1CC[C@H](NC(=O)[C@H]2CCOC2)[C@H]1c1ccc(F)c(F)c1. The topological polar surface area (TPSA) is 41.6 Å². The minimum atomic E-state index is -0.850. The number of nitrogens with one attached hydrogen (secondary N) is 1. The molecule has 1 N–H and O–H groups in total. The van der Waals surface area contributed by atoms with Crippen LogP contribution < -0.4 is 5.32 Å². The van der Waals surface area contributed by atoms with Crippen molar-refractivity contribution in [3.8, 4) is 0 Å². The zero-order valence-corrected chi connectivity index (χ0v) is 14.1.